The van der Waals surface area contributed by atoms with Gasteiger partial charge in [0.15, 0.2) is 0 Å². The standard InChI is InChI=1S/C22H22N4O/c1-14-8-9-18(12-15(14)2)25-21-13-19(23-16(3)24-21)22(27)26-11-10-17-6-4-5-7-20(17)26/h4-9,12-13H,10-11H2,1-3H3,(H,23,24,25). The first kappa shape index (κ1) is 17.2. The molecule has 3 aromatic rings. The summed E-state index contributed by atoms with van der Waals surface area (Å²) < 4.78 is 0. The van der Waals surface area contributed by atoms with Crippen molar-refractivity contribution in [2.24, 2.45) is 0 Å². The summed E-state index contributed by atoms with van der Waals surface area (Å²) >= 11 is 0. The Balaban J connectivity index is 1.62. The molecule has 1 aromatic heterocycles. The molecular weight excluding hydrogens is 336 g/mol. The van der Waals surface area contributed by atoms with Crippen molar-refractivity contribution in [2.75, 3.05) is 16.8 Å². The molecule has 0 saturated carbocycles. The summed E-state index contributed by atoms with van der Waals surface area (Å²) in [6.07, 6.45) is 0.875. The van der Waals surface area contributed by atoms with Gasteiger partial charge < -0.3 is 10.2 Å². The van der Waals surface area contributed by atoms with E-state index in [1.54, 1.807) is 17.9 Å². The van der Waals surface area contributed by atoms with Crippen molar-refractivity contribution in [3.05, 3.63) is 76.7 Å². The lowest BCUT2D eigenvalue weighted by molar-refractivity contribution is 0.0984. The molecule has 1 aliphatic rings. The minimum absolute atomic E-state index is 0.0893. The van der Waals surface area contributed by atoms with Gasteiger partial charge in [-0.25, -0.2) is 9.97 Å². The van der Waals surface area contributed by atoms with Crippen molar-refractivity contribution < 1.29 is 4.79 Å². The van der Waals surface area contributed by atoms with E-state index < -0.39 is 0 Å². The second kappa shape index (κ2) is 6.83. The summed E-state index contributed by atoms with van der Waals surface area (Å²) in [5, 5.41) is 3.30. The van der Waals surface area contributed by atoms with Crippen LogP contribution < -0.4 is 10.2 Å². The van der Waals surface area contributed by atoms with E-state index in [1.165, 1.54) is 16.7 Å². The molecule has 4 rings (SSSR count). The number of hydrogen-bond donors (Lipinski definition) is 1. The van der Waals surface area contributed by atoms with E-state index in [9.17, 15) is 4.79 Å². The number of para-hydroxylation sites is 1. The monoisotopic (exact) mass is 358 g/mol. The topological polar surface area (TPSA) is 58.1 Å². The van der Waals surface area contributed by atoms with Crippen LogP contribution in [0.15, 0.2) is 48.5 Å². The fraction of sp³-hybridized carbons (Fsp3) is 0.227. The number of carbonyl (C=O) groups is 1. The van der Waals surface area contributed by atoms with Crippen LogP contribution in [0, 0.1) is 20.8 Å². The van der Waals surface area contributed by atoms with Gasteiger partial charge in [-0.15, -0.1) is 0 Å². The lowest BCUT2D eigenvalue weighted by atomic mass is 10.1. The quantitative estimate of drug-likeness (QED) is 0.756. The summed E-state index contributed by atoms with van der Waals surface area (Å²) in [4.78, 5) is 23.7. The Bertz CT molecular complexity index is 1030. The summed E-state index contributed by atoms with van der Waals surface area (Å²) in [6, 6.07) is 15.9. The van der Waals surface area contributed by atoms with Crippen LogP contribution in [0.3, 0.4) is 0 Å². The lowest BCUT2D eigenvalue weighted by Gasteiger charge is -2.17. The zero-order valence-corrected chi connectivity index (χ0v) is 15.8. The summed E-state index contributed by atoms with van der Waals surface area (Å²) in [5.74, 6) is 1.11. The summed E-state index contributed by atoms with van der Waals surface area (Å²) in [7, 11) is 0. The van der Waals surface area contributed by atoms with Gasteiger partial charge in [-0.05, 0) is 62.1 Å². The SMILES string of the molecule is Cc1nc(Nc2ccc(C)c(C)c2)cc(C(=O)N2CCc3ccccc32)n1. The number of anilines is 3. The van der Waals surface area contributed by atoms with Crippen LogP contribution in [0.4, 0.5) is 17.2 Å². The zero-order valence-electron chi connectivity index (χ0n) is 15.8. The van der Waals surface area contributed by atoms with E-state index in [0.717, 1.165) is 17.8 Å². The average Bonchev–Trinajstić information content (AvgIpc) is 3.08. The molecule has 0 saturated heterocycles. The van der Waals surface area contributed by atoms with Gasteiger partial charge in [0.2, 0.25) is 0 Å². The van der Waals surface area contributed by atoms with E-state index in [2.05, 4.69) is 47.3 Å². The predicted octanol–water partition coefficient (Wildman–Crippen LogP) is 4.35. The Labute approximate surface area is 159 Å². The zero-order chi connectivity index (χ0) is 19.0. The molecule has 0 unspecified atom stereocenters. The maximum Gasteiger partial charge on any atom is 0.277 e. The summed E-state index contributed by atoms with van der Waals surface area (Å²) in [6.45, 7) is 6.64. The van der Waals surface area contributed by atoms with Gasteiger partial charge in [-0.3, -0.25) is 4.79 Å². The van der Waals surface area contributed by atoms with Gasteiger partial charge >= 0.3 is 0 Å². The number of carbonyl (C=O) groups excluding carboxylic acids is 1. The molecule has 2 aromatic carbocycles. The summed E-state index contributed by atoms with van der Waals surface area (Å²) in [5.41, 5.74) is 5.97. The lowest BCUT2D eigenvalue weighted by Crippen LogP contribution is -2.30. The maximum absolute atomic E-state index is 13.1. The van der Waals surface area contributed by atoms with Crippen molar-refractivity contribution in [3.63, 3.8) is 0 Å². The molecule has 0 fully saturated rings. The molecule has 1 aliphatic heterocycles. The number of hydrogen-bond acceptors (Lipinski definition) is 4. The van der Waals surface area contributed by atoms with Gasteiger partial charge in [0.1, 0.15) is 17.3 Å². The molecule has 0 radical (unpaired) electrons. The third-order valence-corrected chi connectivity index (χ3v) is 4.97. The second-order valence-corrected chi connectivity index (χ2v) is 6.95. The van der Waals surface area contributed by atoms with Gasteiger partial charge in [-0.1, -0.05) is 24.3 Å². The number of nitrogens with zero attached hydrogens (tertiary/aromatic N) is 3. The number of amides is 1. The smallest absolute Gasteiger partial charge is 0.277 e. The number of nitrogens with one attached hydrogen (secondary N) is 1. The maximum atomic E-state index is 13.1. The minimum atomic E-state index is -0.0893. The van der Waals surface area contributed by atoms with Crippen LogP contribution in [0.5, 0.6) is 0 Å². The first-order chi connectivity index (χ1) is 13.0. The highest BCUT2D eigenvalue weighted by Gasteiger charge is 2.26. The molecule has 2 heterocycles. The minimum Gasteiger partial charge on any atom is -0.340 e. The third kappa shape index (κ3) is 3.40. The molecular formula is C22H22N4O. The molecule has 1 amide bonds. The van der Waals surface area contributed by atoms with Gasteiger partial charge in [0, 0.05) is 24.0 Å². The van der Waals surface area contributed by atoms with Crippen molar-refractivity contribution in [1.82, 2.24) is 9.97 Å². The van der Waals surface area contributed by atoms with Crippen molar-refractivity contribution in [3.8, 4) is 0 Å². The van der Waals surface area contributed by atoms with E-state index in [1.807, 2.05) is 24.3 Å². The molecule has 1 N–H and O–H groups in total. The molecule has 27 heavy (non-hydrogen) atoms. The average molecular weight is 358 g/mol. The molecule has 5 nitrogen and oxygen atoms in total. The van der Waals surface area contributed by atoms with E-state index in [0.29, 0.717) is 23.9 Å². The molecule has 5 heteroatoms. The van der Waals surface area contributed by atoms with Crippen molar-refractivity contribution in [1.29, 1.82) is 0 Å². The Morgan fingerprint density at radius 1 is 1.00 bits per heavy atom. The molecule has 0 spiro atoms. The Morgan fingerprint density at radius 3 is 2.63 bits per heavy atom. The number of benzene rings is 2. The largest absolute Gasteiger partial charge is 0.340 e. The van der Waals surface area contributed by atoms with E-state index >= 15 is 0 Å². The van der Waals surface area contributed by atoms with Crippen LogP contribution in [-0.4, -0.2) is 22.4 Å². The number of rotatable bonds is 3. The van der Waals surface area contributed by atoms with Crippen molar-refractivity contribution >= 4 is 23.1 Å². The van der Waals surface area contributed by atoms with Crippen LogP contribution in [0.1, 0.15) is 33.0 Å². The van der Waals surface area contributed by atoms with E-state index in [4.69, 9.17) is 0 Å². The van der Waals surface area contributed by atoms with Crippen molar-refractivity contribution in [2.45, 2.75) is 27.2 Å². The third-order valence-electron chi connectivity index (χ3n) is 4.97. The first-order valence-corrected chi connectivity index (χ1v) is 9.11. The molecule has 0 atom stereocenters. The normalized spacial score (nSPS) is 12.8. The Morgan fingerprint density at radius 2 is 1.81 bits per heavy atom. The number of fused-ring (bicyclic) bond motifs is 1. The highest BCUT2D eigenvalue weighted by atomic mass is 16.2. The van der Waals surface area contributed by atoms with Crippen LogP contribution >= 0.6 is 0 Å². The fourth-order valence-corrected chi connectivity index (χ4v) is 3.40. The first-order valence-electron chi connectivity index (χ1n) is 9.11. The predicted molar refractivity (Wildman–Crippen MR) is 108 cm³/mol. The second-order valence-electron chi connectivity index (χ2n) is 6.95. The highest BCUT2D eigenvalue weighted by Crippen LogP contribution is 2.29. The van der Waals surface area contributed by atoms with Gasteiger partial charge in [0.25, 0.3) is 5.91 Å². The highest BCUT2D eigenvalue weighted by molar-refractivity contribution is 6.06. The molecule has 136 valence electrons. The van der Waals surface area contributed by atoms with Crippen LogP contribution in [0.25, 0.3) is 0 Å². The fourth-order valence-electron chi connectivity index (χ4n) is 3.40. The Kier molecular flexibility index (Phi) is 4.36. The van der Waals surface area contributed by atoms with E-state index in [-0.39, 0.29) is 5.91 Å². The number of aromatic nitrogens is 2. The Hall–Kier alpha value is -3.21. The van der Waals surface area contributed by atoms with Crippen LogP contribution in [-0.2, 0) is 6.42 Å². The number of aryl methyl sites for hydroxylation is 3. The molecule has 0 bridgehead atoms. The van der Waals surface area contributed by atoms with Crippen LogP contribution in [0.2, 0.25) is 0 Å². The van der Waals surface area contributed by atoms with Gasteiger partial charge in [0.05, 0.1) is 0 Å². The van der Waals surface area contributed by atoms with Gasteiger partial charge in [-0.2, -0.15) is 0 Å². The molecule has 0 aliphatic carbocycles.